The van der Waals surface area contributed by atoms with Crippen molar-refractivity contribution in [2.24, 2.45) is 0 Å². The molecule has 118 valence electrons. The summed E-state index contributed by atoms with van der Waals surface area (Å²) < 4.78 is 6.21. The van der Waals surface area contributed by atoms with Crippen LogP contribution in [0.4, 0.5) is 4.79 Å². The van der Waals surface area contributed by atoms with Gasteiger partial charge >= 0.3 is 6.09 Å². The van der Waals surface area contributed by atoms with E-state index in [0.717, 1.165) is 0 Å². The van der Waals surface area contributed by atoms with Crippen LogP contribution < -0.4 is 0 Å². The van der Waals surface area contributed by atoms with E-state index >= 15 is 0 Å². The number of thioether (sulfide) groups is 1. The van der Waals surface area contributed by atoms with E-state index in [1.807, 2.05) is 32.0 Å². The first-order valence-corrected chi connectivity index (χ1v) is 8.07. The van der Waals surface area contributed by atoms with E-state index < -0.39 is 6.09 Å². The Hall–Kier alpha value is -2.02. The number of benzene rings is 1. The second-order valence-electron chi connectivity index (χ2n) is 4.54. The molecular formula is C15H19N3O3S. The van der Waals surface area contributed by atoms with Gasteiger partial charge in [-0.2, -0.15) is 0 Å². The second-order valence-corrected chi connectivity index (χ2v) is 5.49. The third kappa shape index (κ3) is 3.24. The monoisotopic (exact) mass is 321 g/mol. The Morgan fingerprint density at radius 3 is 2.59 bits per heavy atom. The number of para-hydroxylation sites is 2. The summed E-state index contributed by atoms with van der Waals surface area (Å²) in [6.07, 6.45) is -0.508. The number of methoxy groups -OCH3 is 1. The zero-order chi connectivity index (χ0) is 16.1. The molecule has 7 heteroatoms. The molecule has 0 N–H and O–H groups in total. The van der Waals surface area contributed by atoms with Gasteiger partial charge in [0.05, 0.1) is 23.9 Å². The maximum absolute atomic E-state index is 12.1. The molecule has 0 saturated heterocycles. The molecule has 2 aromatic rings. The van der Waals surface area contributed by atoms with Gasteiger partial charge in [-0.1, -0.05) is 23.9 Å². The Morgan fingerprint density at radius 1 is 1.27 bits per heavy atom. The Kier molecular flexibility index (Phi) is 5.43. The van der Waals surface area contributed by atoms with Crippen LogP contribution >= 0.6 is 11.8 Å². The highest BCUT2D eigenvalue weighted by molar-refractivity contribution is 7.99. The summed E-state index contributed by atoms with van der Waals surface area (Å²) >= 11 is 1.24. The van der Waals surface area contributed by atoms with Crippen LogP contribution in [-0.4, -0.2) is 52.4 Å². The molecule has 1 amide bonds. The zero-order valence-electron chi connectivity index (χ0n) is 12.9. The minimum atomic E-state index is -0.508. The number of hydrogen-bond donors (Lipinski definition) is 0. The summed E-state index contributed by atoms with van der Waals surface area (Å²) in [6, 6.07) is 7.31. The van der Waals surface area contributed by atoms with E-state index in [0.29, 0.717) is 29.3 Å². The van der Waals surface area contributed by atoms with E-state index in [2.05, 4.69) is 4.98 Å². The number of fused-ring (bicyclic) bond motifs is 1. The van der Waals surface area contributed by atoms with Gasteiger partial charge in [-0.15, -0.1) is 0 Å². The number of amides is 1. The Balaban J connectivity index is 2.27. The average Bonchev–Trinajstić information content (AvgIpc) is 2.91. The summed E-state index contributed by atoms with van der Waals surface area (Å²) in [5.74, 6) is 0.264. The molecule has 6 nitrogen and oxygen atoms in total. The lowest BCUT2D eigenvalue weighted by molar-refractivity contribution is -0.127. The van der Waals surface area contributed by atoms with Crippen LogP contribution in [-0.2, 0) is 9.53 Å². The lowest BCUT2D eigenvalue weighted by Gasteiger charge is -2.18. The van der Waals surface area contributed by atoms with Gasteiger partial charge in [-0.3, -0.25) is 4.79 Å². The van der Waals surface area contributed by atoms with E-state index in [4.69, 9.17) is 4.74 Å². The first-order valence-electron chi connectivity index (χ1n) is 7.08. The van der Waals surface area contributed by atoms with Gasteiger partial charge in [0.2, 0.25) is 5.91 Å². The van der Waals surface area contributed by atoms with Crippen LogP contribution in [0, 0.1) is 0 Å². The molecule has 0 bridgehead atoms. The summed E-state index contributed by atoms with van der Waals surface area (Å²) in [4.78, 5) is 30.3. The van der Waals surface area contributed by atoms with Crippen LogP contribution in [0.15, 0.2) is 29.4 Å². The van der Waals surface area contributed by atoms with Crippen LogP contribution in [0.25, 0.3) is 11.0 Å². The number of carbonyl (C=O) groups is 2. The molecular weight excluding hydrogens is 302 g/mol. The second kappa shape index (κ2) is 7.31. The van der Waals surface area contributed by atoms with E-state index in [1.165, 1.54) is 23.4 Å². The number of carbonyl (C=O) groups excluding carboxylic acids is 2. The quantitative estimate of drug-likeness (QED) is 0.792. The summed E-state index contributed by atoms with van der Waals surface area (Å²) in [5.41, 5.74) is 1.37. The van der Waals surface area contributed by atoms with Crippen molar-refractivity contribution in [3.8, 4) is 0 Å². The number of ether oxygens (including phenoxy) is 1. The standard InChI is InChI=1S/C15H19N3O3S/c1-4-17(5-2)13(19)10-22-14-16-11-8-6-7-9-12(11)18(14)15(20)21-3/h6-9H,4-5,10H2,1-3H3. The van der Waals surface area contributed by atoms with Gasteiger partial charge in [0.15, 0.2) is 5.16 Å². The molecule has 0 unspecified atom stereocenters. The third-order valence-corrected chi connectivity index (χ3v) is 4.25. The fourth-order valence-electron chi connectivity index (χ4n) is 2.16. The molecule has 0 aliphatic rings. The van der Waals surface area contributed by atoms with E-state index in [-0.39, 0.29) is 11.7 Å². The number of nitrogens with zero attached hydrogens (tertiary/aromatic N) is 3. The number of hydrogen-bond acceptors (Lipinski definition) is 5. The minimum absolute atomic E-state index is 0.0264. The Bertz CT molecular complexity index is 680. The maximum Gasteiger partial charge on any atom is 0.420 e. The molecule has 1 aromatic heterocycles. The lowest BCUT2D eigenvalue weighted by atomic mass is 10.3. The lowest BCUT2D eigenvalue weighted by Crippen LogP contribution is -2.32. The van der Waals surface area contributed by atoms with Gasteiger partial charge < -0.3 is 9.64 Å². The predicted octanol–water partition coefficient (Wildman–Crippen LogP) is 2.61. The van der Waals surface area contributed by atoms with Crippen LogP contribution in [0.5, 0.6) is 0 Å². The van der Waals surface area contributed by atoms with E-state index in [9.17, 15) is 9.59 Å². The molecule has 0 aliphatic carbocycles. The highest BCUT2D eigenvalue weighted by atomic mass is 32.2. The summed E-state index contributed by atoms with van der Waals surface area (Å²) in [5, 5.41) is 0.466. The van der Waals surface area contributed by atoms with Crippen molar-refractivity contribution < 1.29 is 14.3 Å². The fourth-order valence-corrected chi connectivity index (χ4v) is 3.06. The maximum atomic E-state index is 12.1. The molecule has 0 atom stereocenters. The first-order chi connectivity index (χ1) is 10.6. The topological polar surface area (TPSA) is 64.4 Å². The fraction of sp³-hybridized carbons (Fsp3) is 0.400. The average molecular weight is 321 g/mol. The number of imidazole rings is 1. The Morgan fingerprint density at radius 2 is 1.95 bits per heavy atom. The molecule has 0 fully saturated rings. The van der Waals surface area contributed by atoms with Gasteiger partial charge in [0.1, 0.15) is 0 Å². The molecule has 22 heavy (non-hydrogen) atoms. The smallest absolute Gasteiger partial charge is 0.420 e. The van der Waals surface area contributed by atoms with Gasteiger partial charge in [0, 0.05) is 13.1 Å². The molecule has 0 saturated carbocycles. The van der Waals surface area contributed by atoms with Gasteiger partial charge in [0.25, 0.3) is 0 Å². The first kappa shape index (κ1) is 16.4. The summed E-state index contributed by atoms with van der Waals surface area (Å²) in [7, 11) is 1.33. The van der Waals surface area contributed by atoms with Crippen molar-refractivity contribution in [2.75, 3.05) is 26.0 Å². The predicted molar refractivity (Wildman–Crippen MR) is 86.2 cm³/mol. The van der Waals surface area contributed by atoms with Crippen molar-refractivity contribution in [3.63, 3.8) is 0 Å². The minimum Gasteiger partial charge on any atom is -0.452 e. The molecule has 1 aromatic carbocycles. The largest absolute Gasteiger partial charge is 0.452 e. The SMILES string of the molecule is CCN(CC)C(=O)CSc1nc2ccccc2n1C(=O)OC. The van der Waals surface area contributed by atoms with Crippen LogP contribution in [0.2, 0.25) is 0 Å². The van der Waals surface area contributed by atoms with Gasteiger partial charge in [-0.05, 0) is 26.0 Å². The van der Waals surface area contributed by atoms with Crippen molar-refractivity contribution in [1.29, 1.82) is 0 Å². The number of aromatic nitrogens is 2. The highest BCUT2D eigenvalue weighted by Gasteiger charge is 2.19. The molecule has 0 aliphatic heterocycles. The third-order valence-electron chi connectivity index (χ3n) is 3.33. The van der Waals surface area contributed by atoms with Crippen molar-refractivity contribution >= 4 is 34.8 Å². The molecule has 0 radical (unpaired) electrons. The van der Waals surface area contributed by atoms with Crippen molar-refractivity contribution in [2.45, 2.75) is 19.0 Å². The van der Waals surface area contributed by atoms with Crippen LogP contribution in [0.1, 0.15) is 13.8 Å². The zero-order valence-corrected chi connectivity index (χ0v) is 13.7. The molecule has 0 spiro atoms. The normalized spacial score (nSPS) is 10.7. The molecule has 2 rings (SSSR count). The van der Waals surface area contributed by atoms with Gasteiger partial charge in [-0.25, -0.2) is 14.3 Å². The summed E-state index contributed by atoms with van der Waals surface area (Å²) in [6.45, 7) is 5.22. The highest BCUT2D eigenvalue weighted by Crippen LogP contribution is 2.24. The van der Waals surface area contributed by atoms with Crippen molar-refractivity contribution in [3.05, 3.63) is 24.3 Å². The molecule has 1 heterocycles. The Labute approximate surface area is 133 Å². The van der Waals surface area contributed by atoms with Crippen molar-refractivity contribution in [1.82, 2.24) is 14.5 Å². The van der Waals surface area contributed by atoms with E-state index in [1.54, 1.807) is 11.0 Å². The van der Waals surface area contributed by atoms with Crippen LogP contribution in [0.3, 0.4) is 0 Å². The number of rotatable bonds is 5.